The molecule has 2 fully saturated rings. The molecular weight excluding hydrogens is 1850 g/mol. The van der Waals surface area contributed by atoms with E-state index in [1.165, 1.54) is 38.5 Å². The van der Waals surface area contributed by atoms with Gasteiger partial charge in [0.1, 0.15) is 52.9 Å². The summed E-state index contributed by atoms with van der Waals surface area (Å²) in [4.78, 5) is 122. The standard InChI is InChI=1S/C40H56N8O14S2.C27H4.C26H32N8O10S2/c1-37(2,3)58-33(51)29(21-57-24-15-13-23(14-16-24)25-20-47(45-31(25)41)18-12-17-42-35(52)59-38(4,5)6)61-46-30(27-22-63-34(43-27)44-36(53)60-39(7,8)9)28(49)19-26-32(50)48(40(26,10)11)62-64(54,55)56;1-3-5-7-9-11-13-15-17-19-21-23-25-27-26-24-22-20-18-16-14-12-10-8-6-4-2;1-26(2)17(23(36)34(26)44-46(39,40)41)10-19(35)21(18-13-45-25(29)30-18)32-43-20(24(37)38)12-42-15-6-4-14(5-7-15)16-11-33(9-3-8-27)31-22(16)28/h13-16,20,22,26,29H,12,17-19,21H2,1-11H3,(H2,41,45)(H,42,52)(H,43,44,53)(H,54,55,56);1H,2H3;4-7,11,13,17,20H,3,8-10,12,27H2,1-2H3,(H2,28,31)(H2,29,30)(H,37,38)(H,39,40,41)/b46-30-;;32-21-. The Balaban J connectivity index is 0.000000343. The number of β-lactam (4-membered cyclic amide) rings is 2. The highest BCUT2D eigenvalue weighted by Crippen LogP contribution is 2.43. The van der Waals surface area contributed by atoms with Crippen LogP contribution in [0.5, 0.6) is 11.5 Å². The Bertz CT molecular complexity index is 6720. The number of nitrogens with one attached hydrogen (secondary N) is 2. The molecule has 13 N–H and O–H groups in total. The van der Waals surface area contributed by atoms with E-state index in [1.54, 1.807) is 140 Å². The zero-order valence-electron chi connectivity index (χ0n) is 76.2. The van der Waals surface area contributed by atoms with Gasteiger partial charge in [0.25, 0.3) is 24.0 Å². The summed E-state index contributed by atoms with van der Waals surface area (Å²) in [5.41, 5.74) is 20.2. The highest BCUT2D eigenvalue weighted by atomic mass is 32.3. The number of alkyl carbamates (subject to hydrolysis) is 1. The number of oxime groups is 2. The lowest BCUT2D eigenvalue weighted by molar-refractivity contribution is -0.228. The number of aromatic nitrogens is 6. The number of nitrogen functional groups attached to an aromatic ring is 3. The second-order valence-corrected chi connectivity index (χ2v) is 35.6. The van der Waals surface area contributed by atoms with Gasteiger partial charge in [0.2, 0.25) is 0 Å². The molecule has 40 nitrogen and oxygen atoms in total. The van der Waals surface area contributed by atoms with Crippen LogP contribution in [-0.4, -0.2) is 196 Å². The number of hydrogen-bond acceptors (Lipinski definition) is 33. The van der Waals surface area contributed by atoms with Gasteiger partial charge in [-0.25, -0.2) is 29.1 Å². The molecule has 0 radical (unpaired) electrons. The molecule has 6 aromatic rings. The topological polar surface area (TPSA) is 569 Å². The van der Waals surface area contributed by atoms with E-state index in [4.69, 9.17) is 71.8 Å². The maximum atomic E-state index is 14.0. The van der Waals surface area contributed by atoms with Crippen LogP contribution < -0.4 is 43.0 Å². The number of aryl methyl sites for hydroxylation is 2. The molecule has 0 spiro atoms. The predicted octanol–water partition coefficient (Wildman–Crippen LogP) is 6.67. The number of ether oxygens (including phenoxy) is 5. The normalized spacial score (nSPS) is 13.9. The van der Waals surface area contributed by atoms with Gasteiger partial charge in [-0.3, -0.25) is 43.0 Å². The average molecular weight is 1950 g/mol. The lowest BCUT2D eigenvalue weighted by Gasteiger charge is -2.50. The molecule has 44 heteroatoms. The summed E-state index contributed by atoms with van der Waals surface area (Å²) in [5.74, 6) is 55.1. The van der Waals surface area contributed by atoms with Gasteiger partial charge in [-0.1, -0.05) is 40.5 Å². The van der Waals surface area contributed by atoms with E-state index in [2.05, 4.69) is 198 Å². The average Bonchev–Trinajstić information content (AvgIpc) is 1.17. The van der Waals surface area contributed by atoms with Crippen LogP contribution in [0.25, 0.3) is 22.3 Å². The van der Waals surface area contributed by atoms with Gasteiger partial charge in [-0.2, -0.15) is 37.2 Å². The van der Waals surface area contributed by atoms with Gasteiger partial charge >= 0.3 is 44.9 Å². The molecule has 4 aromatic heterocycles. The smallest absolute Gasteiger partial charge is 0.418 e. The van der Waals surface area contributed by atoms with Gasteiger partial charge in [0.15, 0.2) is 44.9 Å². The predicted molar refractivity (Wildman–Crippen MR) is 504 cm³/mol. The van der Waals surface area contributed by atoms with E-state index < -0.39 is 158 Å². The van der Waals surface area contributed by atoms with Crippen molar-refractivity contribution in [2.45, 2.75) is 176 Å². The second-order valence-electron chi connectivity index (χ2n) is 31.9. The fourth-order valence-electron chi connectivity index (χ4n) is 11.0. The van der Waals surface area contributed by atoms with E-state index in [0.717, 1.165) is 34.7 Å². The quantitative estimate of drug-likeness (QED) is 0.00297. The summed E-state index contributed by atoms with van der Waals surface area (Å²) >= 11 is 1.89. The largest absolute Gasteiger partial charge is 0.489 e. The molecule has 712 valence electrons. The first kappa shape index (κ1) is 110. The fraction of sp³-hybridized carbons (Fsp3) is 0.355. The number of rotatable bonds is 34. The SMILES string of the molecule is C#CC#CC#CC#CC#CC#CC#CC#CC#CC#CC#CC#CC#CC.CC(C)(C)OC(=O)NCCCn1cc(-c2ccc(OCC(O/N=C(\C(=O)CC3C(=O)N(OS(=O)(=O)O)C3(C)C)c3csc(NC(=O)OC(C)(C)C)n3)C(=O)OC(C)(C)C)cc2)c(N)n1.CC1(C)C(CC(=O)/C(=N\OC(COc2ccc(-c3cn(CCCN)nc3N)cc2)C(=O)O)c2csc(N)n2)C(=O)N1OS(=O)(=O)O. The maximum absolute atomic E-state index is 14.0. The van der Waals surface area contributed by atoms with Crippen LogP contribution in [0.1, 0.15) is 134 Å². The molecule has 0 bridgehead atoms. The maximum Gasteiger partial charge on any atom is 0.418 e. The van der Waals surface area contributed by atoms with Crippen molar-refractivity contribution in [1.29, 1.82) is 0 Å². The van der Waals surface area contributed by atoms with Crippen molar-refractivity contribution in [3.8, 4) is 188 Å². The Morgan fingerprint density at radius 1 is 0.540 bits per heavy atom. The number of amides is 4. The number of thiazole rings is 2. The first-order valence-corrected chi connectivity index (χ1v) is 44.8. The monoisotopic (exact) mass is 1940 g/mol. The third-order valence-electron chi connectivity index (χ3n) is 17.1. The number of carbonyl (C=O) groups excluding carboxylic acids is 7. The fourth-order valence-corrected chi connectivity index (χ4v) is 13.1. The third-order valence-corrected chi connectivity index (χ3v) is 19.2. The number of nitrogens with zero attached hydrogens (tertiary/aromatic N) is 10. The number of terminal acetylenes is 1. The number of carboxylic acid groups (broad SMARTS) is 1. The number of anilines is 4. The summed E-state index contributed by atoms with van der Waals surface area (Å²) in [6.07, 6.45) is 4.13. The lowest BCUT2D eigenvalue weighted by atomic mass is 9.74. The van der Waals surface area contributed by atoms with Crippen molar-refractivity contribution in [3.05, 3.63) is 83.1 Å². The number of esters is 1. The molecule has 0 aliphatic carbocycles. The zero-order valence-corrected chi connectivity index (χ0v) is 79.5. The summed E-state index contributed by atoms with van der Waals surface area (Å²) in [6, 6.07) is 13.4. The Labute approximate surface area is 799 Å². The molecule has 8 rings (SSSR count). The first-order valence-electron chi connectivity index (χ1n) is 40.3. The minimum atomic E-state index is -5.06. The van der Waals surface area contributed by atoms with Crippen molar-refractivity contribution in [2.24, 2.45) is 27.9 Å². The van der Waals surface area contributed by atoms with Gasteiger partial charge in [-0.05, 0) is 246 Å². The van der Waals surface area contributed by atoms with E-state index >= 15 is 0 Å². The number of hydrogen-bond donors (Lipinski definition) is 9. The summed E-state index contributed by atoms with van der Waals surface area (Å²) in [5, 5.41) is 35.0. The van der Waals surface area contributed by atoms with Crippen molar-refractivity contribution in [2.75, 3.05) is 48.8 Å². The molecule has 2 aliphatic heterocycles. The summed E-state index contributed by atoms with van der Waals surface area (Å²) < 4.78 is 103. The van der Waals surface area contributed by atoms with Crippen LogP contribution >= 0.6 is 22.7 Å². The van der Waals surface area contributed by atoms with Crippen LogP contribution in [0.4, 0.5) is 31.5 Å². The van der Waals surface area contributed by atoms with Crippen LogP contribution in [-0.2, 0) is 95.1 Å². The number of aliphatic carboxylic acids is 1. The number of carbonyl (C=O) groups is 8. The molecule has 2 aromatic carbocycles. The highest BCUT2D eigenvalue weighted by molar-refractivity contribution is 7.81. The molecule has 4 atom stereocenters. The number of hydroxylamine groups is 4. The van der Waals surface area contributed by atoms with Crippen molar-refractivity contribution in [1.82, 2.24) is 45.0 Å². The molecular formula is C93H92N16O24S4. The molecule has 6 heterocycles. The number of carboxylic acids is 1. The third kappa shape index (κ3) is 37.8. The number of benzene rings is 2. The molecule has 137 heavy (non-hydrogen) atoms. The first-order chi connectivity index (χ1) is 64.4. The van der Waals surface area contributed by atoms with Crippen molar-refractivity contribution in [3.63, 3.8) is 0 Å². The van der Waals surface area contributed by atoms with E-state index in [1.807, 2.05) is 0 Å². The van der Waals surface area contributed by atoms with Crippen molar-refractivity contribution >= 4 is 124 Å². The number of ketones is 2. The van der Waals surface area contributed by atoms with Gasteiger partial charge < -0.3 is 66.7 Å². The van der Waals surface area contributed by atoms with E-state index in [9.17, 15) is 60.3 Å². The summed E-state index contributed by atoms with van der Waals surface area (Å²) in [7, 11) is -10.1. The zero-order chi connectivity index (χ0) is 101. The highest BCUT2D eigenvalue weighted by Gasteiger charge is 2.59. The van der Waals surface area contributed by atoms with Crippen LogP contribution in [0, 0.1) is 166 Å². The minimum Gasteiger partial charge on any atom is -0.489 e. The van der Waals surface area contributed by atoms with E-state index in [-0.39, 0.29) is 27.5 Å². The molecule has 0 saturated carbocycles. The van der Waals surface area contributed by atoms with Crippen LogP contribution in [0.15, 0.2) is 82.0 Å². The molecule has 2 saturated heterocycles. The Hall–Kier alpha value is -16.2. The van der Waals surface area contributed by atoms with Gasteiger partial charge in [0, 0.05) is 114 Å². The lowest BCUT2D eigenvalue weighted by Crippen LogP contribution is -2.68. The molecule has 2 aliphatic rings. The van der Waals surface area contributed by atoms with Crippen molar-refractivity contribution < 1.29 is 111 Å². The van der Waals surface area contributed by atoms with Crippen LogP contribution in [0.3, 0.4) is 0 Å². The van der Waals surface area contributed by atoms with Gasteiger partial charge in [0.05, 0.1) is 22.9 Å². The summed E-state index contributed by atoms with van der Waals surface area (Å²) in [6.45, 7) is 23.6. The Morgan fingerprint density at radius 2 is 0.912 bits per heavy atom. The minimum absolute atomic E-state index is 0.00898. The Kier molecular flexibility index (Phi) is 40.9. The van der Waals surface area contributed by atoms with E-state index in [0.29, 0.717) is 76.7 Å². The molecule has 4 amide bonds. The number of Topliss-reactive ketones (excluding diaryl/α,β-unsaturated/α-hetero) is 2. The second kappa shape index (κ2) is 51.2. The number of nitrogens with two attached hydrogens (primary N) is 4. The molecule has 4 unspecified atom stereocenters. The van der Waals surface area contributed by atoms with Gasteiger partial charge in [-0.15, -0.1) is 37.7 Å². The van der Waals surface area contributed by atoms with Crippen LogP contribution in [0.2, 0.25) is 0 Å². The Morgan fingerprint density at radius 3 is 1.28 bits per heavy atom.